The molecule has 16 heavy (non-hydrogen) atoms. The number of aromatic nitrogens is 3. The minimum absolute atomic E-state index is 1.03. The van der Waals surface area contributed by atoms with Crippen LogP contribution in [0.1, 0.15) is 0 Å². The second kappa shape index (κ2) is 3.72. The third kappa shape index (κ3) is 1.42. The van der Waals surface area contributed by atoms with Crippen LogP contribution < -0.4 is 0 Å². The van der Waals surface area contributed by atoms with Crippen LogP contribution in [-0.4, -0.2) is 15.0 Å². The van der Waals surface area contributed by atoms with Crippen molar-refractivity contribution >= 4 is 26.8 Å². The molecule has 3 nitrogen and oxygen atoms in total. The van der Waals surface area contributed by atoms with E-state index in [1.807, 2.05) is 24.4 Å². The molecule has 1 N–H and O–H groups in total. The van der Waals surface area contributed by atoms with Crippen LogP contribution >= 0.6 is 15.9 Å². The molecule has 0 bridgehead atoms. The van der Waals surface area contributed by atoms with E-state index in [9.17, 15) is 0 Å². The SMILES string of the molecule is Brc1c(-c2ccncc2)[nH]c2cnccc12. The average Bonchev–Trinajstić information content (AvgIpc) is 2.69. The van der Waals surface area contributed by atoms with Gasteiger partial charge in [0.2, 0.25) is 0 Å². The summed E-state index contributed by atoms with van der Waals surface area (Å²) >= 11 is 3.61. The molecular formula is C12H8BrN3. The van der Waals surface area contributed by atoms with Crippen LogP contribution in [0.3, 0.4) is 0 Å². The van der Waals surface area contributed by atoms with E-state index in [0.29, 0.717) is 0 Å². The Bertz CT molecular complexity index is 631. The summed E-state index contributed by atoms with van der Waals surface area (Å²) < 4.78 is 1.07. The lowest BCUT2D eigenvalue weighted by atomic mass is 10.2. The minimum Gasteiger partial charge on any atom is -0.352 e. The van der Waals surface area contributed by atoms with Crippen LogP contribution in [0.2, 0.25) is 0 Å². The molecule has 78 valence electrons. The summed E-state index contributed by atoms with van der Waals surface area (Å²) in [5.41, 5.74) is 3.20. The predicted octanol–water partition coefficient (Wildman–Crippen LogP) is 3.39. The van der Waals surface area contributed by atoms with Crippen molar-refractivity contribution in [2.45, 2.75) is 0 Å². The summed E-state index contributed by atoms with van der Waals surface area (Å²) in [5.74, 6) is 0. The Kier molecular flexibility index (Phi) is 2.22. The van der Waals surface area contributed by atoms with Gasteiger partial charge in [0, 0.05) is 29.5 Å². The van der Waals surface area contributed by atoms with E-state index < -0.39 is 0 Å². The first-order chi connectivity index (χ1) is 7.86. The fraction of sp³-hybridized carbons (Fsp3) is 0. The van der Waals surface area contributed by atoms with Crippen LogP contribution in [0.25, 0.3) is 22.2 Å². The maximum absolute atomic E-state index is 4.10. The van der Waals surface area contributed by atoms with Gasteiger partial charge in [-0.2, -0.15) is 0 Å². The molecule has 0 amide bonds. The number of nitrogens with zero attached hydrogens (tertiary/aromatic N) is 2. The lowest BCUT2D eigenvalue weighted by molar-refractivity contribution is 1.31. The number of hydrogen-bond acceptors (Lipinski definition) is 2. The van der Waals surface area contributed by atoms with Gasteiger partial charge < -0.3 is 4.98 Å². The van der Waals surface area contributed by atoms with Gasteiger partial charge in [0.25, 0.3) is 0 Å². The van der Waals surface area contributed by atoms with Crippen LogP contribution in [0.4, 0.5) is 0 Å². The van der Waals surface area contributed by atoms with E-state index in [1.54, 1.807) is 18.6 Å². The Morgan fingerprint density at radius 1 is 1.00 bits per heavy atom. The number of rotatable bonds is 1. The molecule has 0 aliphatic heterocycles. The Morgan fingerprint density at radius 3 is 2.50 bits per heavy atom. The highest BCUT2D eigenvalue weighted by Crippen LogP contribution is 2.33. The van der Waals surface area contributed by atoms with E-state index in [4.69, 9.17) is 0 Å². The zero-order chi connectivity index (χ0) is 11.0. The van der Waals surface area contributed by atoms with Crippen LogP contribution in [0, 0.1) is 0 Å². The number of pyridine rings is 2. The van der Waals surface area contributed by atoms with Gasteiger partial charge in [0.1, 0.15) is 0 Å². The first kappa shape index (κ1) is 9.54. The topological polar surface area (TPSA) is 41.6 Å². The lowest BCUT2D eigenvalue weighted by Gasteiger charge is -1.97. The molecular weight excluding hydrogens is 266 g/mol. The van der Waals surface area contributed by atoms with E-state index in [-0.39, 0.29) is 0 Å². The van der Waals surface area contributed by atoms with Crippen molar-refractivity contribution in [2.75, 3.05) is 0 Å². The highest BCUT2D eigenvalue weighted by molar-refractivity contribution is 9.10. The number of H-pyrrole nitrogens is 1. The molecule has 0 radical (unpaired) electrons. The smallest absolute Gasteiger partial charge is 0.0656 e. The number of fused-ring (bicyclic) bond motifs is 1. The largest absolute Gasteiger partial charge is 0.352 e. The van der Waals surface area contributed by atoms with Crippen molar-refractivity contribution in [3.63, 3.8) is 0 Å². The molecule has 0 aromatic carbocycles. The lowest BCUT2D eigenvalue weighted by Crippen LogP contribution is -1.78. The first-order valence-electron chi connectivity index (χ1n) is 4.88. The molecule has 3 aromatic rings. The highest BCUT2D eigenvalue weighted by atomic mass is 79.9. The summed E-state index contributed by atoms with van der Waals surface area (Å²) in [6, 6.07) is 5.94. The Labute approximate surface area is 101 Å². The van der Waals surface area contributed by atoms with Gasteiger partial charge in [-0.05, 0) is 34.1 Å². The molecule has 3 rings (SSSR count). The monoisotopic (exact) mass is 273 g/mol. The minimum atomic E-state index is 1.03. The van der Waals surface area contributed by atoms with E-state index >= 15 is 0 Å². The molecule has 0 aliphatic rings. The Hall–Kier alpha value is -1.68. The zero-order valence-corrected chi connectivity index (χ0v) is 9.90. The maximum Gasteiger partial charge on any atom is 0.0656 e. The van der Waals surface area contributed by atoms with Crippen molar-refractivity contribution in [1.82, 2.24) is 15.0 Å². The number of nitrogens with one attached hydrogen (secondary N) is 1. The van der Waals surface area contributed by atoms with Gasteiger partial charge in [-0.3, -0.25) is 9.97 Å². The predicted molar refractivity (Wildman–Crippen MR) is 67.0 cm³/mol. The third-order valence-electron chi connectivity index (χ3n) is 2.51. The van der Waals surface area contributed by atoms with Gasteiger partial charge in [0.05, 0.1) is 21.9 Å². The fourth-order valence-corrected chi connectivity index (χ4v) is 2.40. The van der Waals surface area contributed by atoms with Gasteiger partial charge in [-0.25, -0.2) is 0 Å². The second-order valence-electron chi connectivity index (χ2n) is 3.47. The van der Waals surface area contributed by atoms with E-state index in [2.05, 4.69) is 30.9 Å². The molecule has 0 saturated carbocycles. The molecule has 3 heterocycles. The Balaban J connectivity index is 2.29. The molecule has 3 aromatic heterocycles. The van der Waals surface area contributed by atoms with Crippen molar-refractivity contribution in [2.24, 2.45) is 0 Å². The van der Waals surface area contributed by atoms with E-state index in [0.717, 1.165) is 26.6 Å². The number of aromatic amines is 1. The normalized spacial score (nSPS) is 10.8. The third-order valence-corrected chi connectivity index (χ3v) is 3.33. The van der Waals surface area contributed by atoms with Gasteiger partial charge >= 0.3 is 0 Å². The molecule has 0 atom stereocenters. The zero-order valence-electron chi connectivity index (χ0n) is 8.31. The quantitative estimate of drug-likeness (QED) is 0.739. The van der Waals surface area contributed by atoms with E-state index in [1.165, 1.54) is 0 Å². The van der Waals surface area contributed by atoms with Crippen molar-refractivity contribution < 1.29 is 0 Å². The summed E-state index contributed by atoms with van der Waals surface area (Å²) in [4.78, 5) is 11.5. The number of hydrogen-bond donors (Lipinski definition) is 1. The molecule has 0 spiro atoms. The average molecular weight is 274 g/mol. The number of halogens is 1. The van der Waals surface area contributed by atoms with Gasteiger partial charge in [-0.1, -0.05) is 0 Å². The van der Waals surface area contributed by atoms with Crippen LogP contribution in [0.15, 0.2) is 47.5 Å². The highest BCUT2D eigenvalue weighted by Gasteiger charge is 2.09. The standard InChI is InChI=1S/C12H8BrN3/c13-11-9-3-6-15-7-10(9)16-12(11)8-1-4-14-5-2-8/h1-7,16H. The molecule has 0 aliphatic carbocycles. The maximum atomic E-state index is 4.10. The van der Waals surface area contributed by atoms with Crippen molar-refractivity contribution in [3.8, 4) is 11.3 Å². The van der Waals surface area contributed by atoms with Gasteiger partial charge in [0.15, 0.2) is 0 Å². The molecule has 0 unspecified atom stereocenters. The molecule has 0 fully saturated rings. The summed E-state index contributed by atoms with van der Waals surface area (Å²) in [5, 5.41) is 1.14. The van der Waals surface area contributed by atoms with Crippen molar-refractivity contribution in [1.29, 1.82) is 0 Å². The van der Waals surface area contributed by atoms with Crippen molar-refractivity contribution in [3.05, 3.63) is 47.5 Å². The summed E-state index contributed by atoms with van der Waals surface area (Å²) in [6.07, 6.45) is 7.18. The van der Waals surface area contributed by atoms with Crippen LogP contribution in [-0.2, 0) is 0 Å². The van der Waals surface area contributed by atoms with Gasteiger partial charge in [-0.15, -0.1) is 0 Å². The fourth-order valence-electron chi connectivity index (χ4n) is 1.73. The summed E-state index contributed by atoms with van der Waals surface area (Å²) in [6.45, 7) is 0. The molecule has 0 saturated heterocycles. The second-order valence-corrected chi connectivity index (χ2v) is 4.26. The first-order valence-corrected chi connectivity index (χ1v) is 5.67. The molecule has 4 heteroatoms. The summed E-state index contributed by atoms with van der Waals surface area (Å²) in [7, 11) is 0. The Morgan fingerprint density at radius 2 is 1.75 bits per heavy atom. The van der Waals surface area contributed by atoms with Crippen LogP contribution in [0.5, 0.6) is 0 Å².